The topological polar surface area (TPSA) is 73.3 Å². The molecule has 0 aromatic rings. The summed E-state index contributed by atoms with van der Waals surface area (Å²) in [7, 11) is 1.96. The minimum Gasteiger partial charge on any atom is -0.392 e. The molecule has 0 amide bonds. The molecule has 4 heteroatoms. The van der Waals surface area contributed by atoms with Crippen LogP contribution in [0.5, 0.6) is 0 Å². The Hall–Kier alpha value is -0.610. The van der Waals surface area contributed by atoms with Gasteiger partial charge in [-0.1, -0.05) is 13.8 Å². The van der Waals surface area contributed by atoms with Crippen molar-refractivity contribution in [3.8, 4) is 0 Å². The van der Waals surface area contributed by atoms with E-state index in [1.165, 1.54) is 0 Å². The molecule has 0 aliphatic rings. The molecule has 0 aromatic heterocycles. The van der Waals surface area contributed by atoms with Crippen LogP contribution in [0.4, 0.5) is 0 Å². The van der Waals surface area contributed by atoms with E-state index in [4.69, 9.17) is 16.2 Å². The lowest BCUT2D eigenvalue weighted by Gasteiger charge is -2.26. The first-order valence-corrected chi connectivity index (χ1v) is 4.97. The molecule has 0 saturated heterocycles. The van der Waals surface area contributed by atoms with Crippen LogP contribution in [-0.4, -0.2) is 42.1 Å². The van der Waals surface area contributed by atoms with Crippen LogP contribution < -0.4 is 5.73 Å². The van der Waals surface area contributed by atoms with E-state index in [0.717, 1.165) is 13.0 Å². The Labute approximate surface area is 86.6 Å². The third-order valence-electron chi connectivity index (χ3n) is 2.42. The Kier molecular flexibility index (Phi) is 5.08. The second-order valence-corrected chi connectivity index (χ2v) is 4.66. The van der Waals surface area contributed by atoms with Gasteiger partial charge in [0.1, 0.15) is 0 Å². The molecule has 0 saturated carbocycles. The molecule has 0 aliphatic carbocycles. The van der Waals surface area contributed by atoms with Crippen molar-refractivity contribution in [2.24, 2.45) is 11.1 Å². The van der Waals surface area contributed by atoms with Crippen molar-refractivity contribution in [3.05, 3.63) is 0 Å². The first-order chi connectivity index (χ1) is 6.25. The predicted molar refractivity (Wildman–Crippen MR) is 59.5 cm³/mol. The van der Waals surface area contributed by atoms with Gasteiger partial charge in [-0.2, -0.15) is 0 Å². The van der Waals surface area contributed by atoms with E-state index >= 15 is 0 Å². The van der Waals surface area contributed by atoms with Crippen molar-refractivity contribution in [1.82, 2.24) is 4.90 Å². The molecule has 0 spiro atoms. The average molecular weight is 201 g/mol. The second kappa shape index (κ2) is 5.32. The number of nitrogens with zero attached hydrogens (tertiary/aromatic N) is 1. The normalized spacial score (nSPS) is 14.4. The summed E-state index contributed by atoms with van der Waals surface area (Å²) in [5.74, 6) is 0.225. The number of hydrogen-bond donors (Lipinski definition) is 3. The fourth-order valence-electron chi connectivity index (χ4n) is 1.15. The smallest absolute Gasteiger partial charge is 0.0963 e. The monoisotopic (exact) mass is 201 g/mol. The van der Waals surface area contributed by atoms with E-state index in [1.807, 2.05) is 20.9 Å². The van der Waals surface area contributed by atoms with E-state index in [1.54, 1.807) is 6.92 Å². The Morgan fingerprint density at radius 3 is 2.43 bits per heavy atom. The first-order valence-electron chi connectivity index (χ1n) is 4.97. The molecule has 0 radical (unpaired) electrons. The summed E-state index contributed by atoms with van der Waals surface area (Å²) in [6.07, 6.45) is 0.534. The lowest BCUT2D eigenvalue weighted by Crippen LogP contribution is -2.36. The van der Waals surface area contributed by atoms with Crippen LogP contribution >= 0.6 is 0 Å². The van der Waals surface area contributed by atoms with Gasteiger partial charge in [0.05, 0.1) is 11.9 Å². The number of nitrogens with one attached hydrogen (secondary N) is 1. The largest absolute Gasteiger partial charge is 0.392 e. The summed E-state index contributed by atoms with van der Waals surface area (Å²) >= 11 is 0. The number of nitrogens with two attached hydrogens (primary N) is 1. The van der Waals surface area contributed by atoms with Crippen LogP contribution in [0.2, 0.25) is 0 Å². The molecule has 4 N–H and O–H groups in total. The Morgan fingerprint density at radius 2 is 2.07 bits per heavy atom. The van der Waals surface area contributed by atoms with Gasteiger partial charge < -0.3 is 15.7 Å². The van der Waals surface area contributed by atoms with Crippen LogP contribution in [0.25, 0.3) is 0 Å². The minimum absolute atomic E-state index is 0.225. The Morgan fingerprint density at radius 1 is 1.57 bits per heavy atom. The summed E-state index contributed by atoms with van der Waals surface area (Å²) in [6.45, 7) is 7.20. The molecular formula is C10H23N3O. The number of likely N-dealkylation sites (N-methyl/N-ethyl adjacent to an activating group) is 1. The van der Waals surface area contributed by atoms with Gasteiger partial charge in [0.25, 0.3) is 0 Å². The standard InChI is InChI=1S/C10H23N3O/c1-8(14)7-13(4)6-5-10(2,3)9(11)12/h8,14H,5-7H2,1-4H3,(H3,11,12). The average Bonchev–Trinajstić information content (AvgIpc) is 1.99. The summed E-state index contributed by atoms with van der Waals surface area (Å²) in [5, 5.41) is 16.5. The van der Waals surface area contributed by atoms with Crippen molar-refractivity contribution in [3.63, 3.8) is 0 Å². The van der Waals surface area contributed by atoms with E-state index in [0.29, 0.717) is 6.54 Å². The quantitative estimate of drug-likeness (QED) is 0.436. The molecule has 0 aliphatic heterocycles. The zero-order valence-electron chi connectivity index (χ0n) is 9.67. The number of aliphatic hydroxyl groups excluding tert-OH is 1. The lowest BCUT2D eigenvalue weighted by molar-refractivity contribution is 0.136. The maximum atomic E-state index is 9.15. The molecule has 0 bridgehead atoms. The van der Waals surface area contributed by atoms with Crippen LogP contribution in [0, 0.1) is 10.8 Å². The highest BCUT2D eigenvalue weighted by Gasteiger charge is 2.21. The van der Waals surface area contributed by atoms with Gasteiger partial charge in [-0.25, -0.2) is 0 Å². The number of hydrogen-bond acceptors (Lipinski definition) is 3. The highest BCUT2D eigenvalue weighted by Crippen LogP contribution is 2.19. The van der Waals surface area contributed by atoms with Gasteiger partial charge >= 0.3 is 0 Å². The van der Waals surface area contributed by atoms with Crippen molar-refractivity contribution >= 4 is 5.84 Å². The first kappa shape index (κ1) is 13.4. The molecule has 0 aromatic carbocycles. The predicted octanol–water partition coefficient (Wildman–Crippen LogP) is 0.651. The number of amidine groups is 1. The zero-order chi connectivity index (χ0) is 11.4. The fraction of sp³-hybridized carbons (Fsp3) is 0.900. The zero-order valence-corrected chi connectivity index (χ0v) is 9.67. The molecule has 4 nitrogen and oxygen atoms in total. The van der Waals surface area contributed by atoms with Gasteiger partial charge in [0.2, 0.25) is 0 Å². The number of aliphatic hydroxyl groups is 1. The van der Waals surface area contributed by atoms with Crippen LogP contribution in [-0.2, 0) is 0 Å². The second-order valence-electron chi connectivity index (χ2n) is 4.66. The molecule has 1 atom stereocenters. The van der Waals surface area contributed by atoms with Gasteiger partial charge in [-0.15, -0.1) is 0 Å². The van der Waals surface area contributed by atoms with Crippen LogP contribution in [0.1, 0.15) is 27.2 Å². The molecule has 0 heterocycles. The number of rotatable bonds is 6. The minimum atomic E-state index is -0.305. The summed E-state index contributed by atoms with van der Waals surface area (Å²) < 4.78 is 0. The summed E-state index contributed by atoms with van der Waals surface area (Å²) in [5.41, 5.74) is 5.23. The lowest BCUT2D eigenvalue weighted by atomic mass is 9.88. The van der Waals surface area contributed by atoms with Gasteiger partial charge in [-0.05, 0) is 26.9 Å². The van der Waals surface area contributed by atoms with Crippen molar-refractivity contribution in [2.45, 2.75) is 33.3 Å². The van der Waals surface area contributed by atoms with E-state index < -0.39 is 0 Å². The van der Waals surface area contributed by atoms with Crippen LogP contribution in [0.15, 0.2) is 0 Å². The van der Waals surface area contributed by atoms with E-state index in [2.05, 4.69) is 4.90 Å². The molecule has 0 fully saturated rings. The SMILES string of the molecule is CC(O)CN(C)CCC(C)(C)C(=N)N. The Bertz CT molecular complexity index is 190. The molecule has 84 valence electrons. The highest BCUT2D eigenvalue weighted by molar-refractivity contribution is 5.82. The van der Waals surface area contributed by atoms with Crippen LogP contribution in [0.3, 0.4) is 0 Å². The third kappa shape index (κ3) is 5.19. The van der Waals surface area contributed by atoms with Crippen molar-refractivity contribution in [2.75, 3.05) is 20.1 Å². The molecule has 1 unspecified atom stereocenters. The summed E-state index contributed by atoms with van der Waals surface area (Å²) in [4.78, 5) is 2.05. The summed E-state index contributed by atoms with van der Waals surface area (Å²) in [6, 6.07) is 0. The maximum absolute atomic E-state index is 9.15. The maximum Gasteiger partial charge on any atom is 0.0963 e. The van der Waals surface area contributed by atoms with Gasteiger partial charge in [-0.3, -0.25) is 5.41 Å². The van der Waals surface area contributed by atoms with Gasteiger partial charge in [0.15, 0.2) is 0 Å². The molecule has 0 rings (SSSR count). The van der Waals surface area contributed by atoms with Gasteiger partial charge in [0, 0.05) is 12.0 Å². The molecule has 14 heavy (non-hydrogen) atoms. The highest BCUT2D eigenvalue weighted by atomic mass is 16.3. The van der Waals surface area contributed by atoms with Crippen molar-refractivity contribution in [1.29, 1.82) is 5.41 Å². The van der Waals surface area contributed by atoms with E-state index in [-0.39, 0.29) is 17.4 Å². The molecular weight excluding hydrogens is 178 g/mol. The van der Waals surface area contributed by atoms with E-state index in [9.17, 15) is 0 Å². The third-order valence-corrected chi connectivity index (χ3v) is 2.42. The Balaban J connectivity index is 3.87. The fourth-order valence-corrected chi connectivity index (χ4v) is 1.15. The van der Waals surface area contributed by atoms with Crippen molar-refractivity contribution < 1.29 is 5.11 Å².